The molecule has 0 spiro atoms. The number of nitrogens with zero attached hydrogens (tertiary/aromatic N) is 1. The summed E-state index contributed by atoms with van der Waals surface area (Å²) in [6.07, 6.45) is 14.1. The van der Waals surface area contributed by atoms with Crippen LogP contribution in [0.15, 0.2) is 0 Å². The largest absolute Gasteiger partial charge is 0.357 e. The van der Waals surface area contributed by atoms with Crippen molar-refractivity contribution < 1.29 is 0 Å². The van der Waals surface area contributed by atoms with Gasteiger partial charge in [0.15, 0.2) is 5.11 Å². The molecule has 0 aromatic heterocycles. The van der Waals surface area contributed by atoms with Gasteiger partial charge in [0.2, 0.25) is 0 Å². The predicted molar refractivity (Wildman–Crippen MR) is 91.3 cm³/mol. The van der Waals surface area contributed by atoms with Gasteiger partial charge in [-0.05, 0) is 88.3 Å². The van der Waals surface area contributed by atoms with Crippen molar-refractivity contribution in [3.63, 3.8) is 0 Å². The Morgan fingerprint density at radius 2 is 1.62 bits per heavy atom. The third kappa shape index (κ3) is 2.71. The molecule has 0 aromatic rings. The lowest BCUT2D eigenvalue weighted by atomic mass is 9.53. The fourth-order valence-corrected chi connectivity index (χ4v) is 6.63. The summed E-state index contributed by atoms with van der Waals surface area (Å²) in [7, 11) is 0. The average Bonchev–Trinajstić information content (AvgIpc) is 2.61. The van der Waals surface area contributed by atoms with Crippen LogP contribution in [-0.4, -0.2) is 28.1 Å². The Morgan fingerprint density at radius 3 is 2.24 bits per heavy atom. The van der Waals surface area contributed by atoms with Crippen molar-refractivity contribution in [2.75, 3.05) is 6.54 Å². The SMILES string of the molecule is CC1CCCCCN1C(=S)NC12CC3CC(CC(C3)C1)C2. The monoisotopic (exact) mass is 306 g/mol. The van der Waals surface area contributed by atoms with E-state index in [1.807, 2.05) is 0 Å². The molecule has 5 fully saturated rings. The topological polar surface area (TPSA) is 15.3 Å². The lowest BCUT2D eigenvalue weighted by Crippen LogP contribution is -2.62. The van der Waals surface area contributed by atoms with Crippen molar-refractivity contribution in [3.8, 4) is 0 Å². The Balaban J connectivity index is 1.46. The predicted octanol–water partition coefficient (Wildman–Crippen LogP) is 4.09. The Bertz CT molecular complexity index is 384. The molecule has 21 heavy (non-hydrogen) atoms. The highest BCUT2D eigenvalue weighted by Gasteiger charge is 2.51. The van der Waals surface area contributed by atoms with Crippen LogP contribution < -0.4 is 5.32 Å². The van der Waals surface area contributed by atoms with Gasteiger partial charge in [-0.3, -0.25) is 0 Å². The molecule has 1 unspecified atom stereocenters. The van der Waals surface area contributed by atoms with Gasteiger partial charge in [0.25, 0.3) is 0 Å². The van der Waals surface area contributed by atoms with E-state index in [-0.39, 0.29) is 0 Å². The van der Waals surface area contributed by atoms with Crippen LogP contribution in [0.5, 0.6) is 0 Å². The summed E-state index contributed by atoms with van der Waals surface area (Å²) in [5.74, 6) is 2.98. The van der Waals surface area contributed by atoms with Crippen molar-refractivity contribution in [3.05, 3.63) is 0 Å². The van der Waals surface area contributed by atoms with Crippen LogP contribution >= 0.6 is 12.2 Å². The Morgan fingerprint density at radius 1 is 1.00 bits per heavy atom. The molecule has 4 bridgehead atoms. The second-order valence-corrected chi connectivity index (χ2v) is 8.91. The molecule has 0 aromatic carbocycles. The van der Waals surface area contributed by atoms with Crippen LogP contribution in [0, 0.1) is 17.8 Å². The second kappa shape index (κ2) is 5.40. The van der Waals surface area contributed by atoms with E-state index in [4.69, 9.17) is 12.2 Å². The first-order chi connectivity index (χ1) is 10.1. The van der Waals surface area contributed by atoms with E-state index in [9.17, 15) is 0 Å². The Hall–Kier alpha value is -0.310. The molecular weight excluding hydrogens is 276 g/mol. The number of nitrogens with one attached hydrogen (secondary N) is 1. The number of hydrogen-bond donors (Lipinski definition) is 1. The molecule has 4 saturated carbocycles. The van der Waals surface area contributed by atoms with Gasteiger partial charge in [-0.15, -0.1) is 0 Å². The summed E-state index contributed by atoms with van der Waals surface area (Å²) in [6.45, 7) is 3.53. The van der Waals surface area contributed by atoms with E-state index < -0.39 is 0 Å². The fourth-order valence-electron chi connectivity index (χ4n) is 6.14. The van der Waals surface area contributed by atoms with Gasteiger partial charge in [-0.2, -0.15) is 0 Å². The van der Waals surface area contributed by atoms with Crippen LogP contribution in [0.25, 0.3) is 0 Å². The molecule has 5 aliphatic rings. The quantitative estimate of drug-likeness (QED) is 0.734. The van der Waals surface area contributed by atoms with Gasteiger partial charge in [0.05, 0.1) is 0 Å². The number of hydrogen-bond acceptors (Lipinski definition) is 1. The van der Waals surface area contributed by atoms with Crippen molar-refractivity contribution in [1.82, 2.24) is 10.2 Å². The smallest absolute Gasteiger partial charge is 0.169 e. The van der Waals surface area contributed by atoms with Gasteiger partial charge >= 0.3 is 0 Å². The minimum Gasteiger partial charge on any atom is -0.357 e. The fraction of sp³-hybridized carbons (Fsp3) is 0.944. The van der Waals surface area contributed by atoms with Crippen molar-refractivity contribution in [2.24, 2.45) is 17.8 Å². The van der Waals surface area contributed by atoms with Gasteiger partial charge in [-0.25, -0.2) is 0 Å². The molecule has 3 heteroatoms. The third-order valence-corrected chi connectivity index (χ3v) is 7.06. The Labute approximate surface area is 135 Å². The molecule has 1 N–H and O–H groups in total. The average molecular weight is 307 g/mol. The highest BCUT2D eigenvalue weighted by atomic mass is 32.1. The minimum absolute atomic E-state index is 0.373. The number of rotatable bonds is 1. The van der Waals surface area contributed by atoms with E-state index >= 15 is 0 Å². The molecular formula is C18H30N2S. The number of likely N-dealkylation sites (tertiary alicyclic amines) is 1. The molecule has 1 atom stereocenters. The maximum absolute atomic E-state index is 5.86. The first-order valence-corrected chi connectivity index (χ1v) is 9.63. The second-order valence-electron chi connectivity index (χ2n) is 8.52. The first kappa shape index (κ1) is 14.3. The summed E-state index contributed by atoms with van der Waals surface area (Å²) in [5.41, 5.74) is 0.373. The van der Waals surface area contributed by atoms with Crippen LogP contribution in [0.4, 0.5) is 0 Å². The van der Waals surface area contributed by atoms with E-state index in [1.165, 1.54) is 70.8 Å². The normalized spacial score (nSPS) is 45.5. The molecule has 1 aliphatic heterocycles. The molecule has 2 nitrogen and oxygen atoms in total. The van der Waals surface area contributed by atoms with Gasteiger partial charge in [0.1, 0.15) is 0 Å². The molecule has 4 aliphatic carbocycles. The zero-order chi connectivity index (χ0) is 14.4. The highest BCUT2D eigenvalue weighted by Crippen LogP contribution is 2.55. The summed E-state index contributed by atoms with van der Waals surface area (Å²) < 4.78 is 0. The van der Waals surface area contributed by atoms with Gasteiger partial charge in [-0.1, -0.05) is 12.8 Å². The Kier molecular flexibility index (Phi) is 3.68. The number of thiocarbonyl (C=S) groups is 1. The van der Waals surface area contributed by atoms with E-state index in [2.05, 4.69) is 17.1 Å². The van der Waals surface area contributed by atoms with Crippen molar-refractivity contribution in [2.45, 2.75) is 82.7 Å². The van der Waals surface area contributed by atoms with E-state index in [0.717, 1.165) is 22.9 Å². The molecule has 0 radical (unpaired) electrons. The standard InChI is InChI=1S/C18H30N2S/c1-13-5-3-2-4-6-20(13)17(21)19-18-10-14-7-15(11-18)9-16(8-14)12-18/h13-16H,2-12H2,1H3,(H,19,21). The first-order valence-electron chi connectivity index (χ1n) is 9.22. The lowest BCUT2D eigenvalue weighted by molar-refractivity contribution is -0.0114. The summed E-state index contributed by atoms with van der Waals surface area (Å²) in [5, 5.41) is 4.99. The van der Waals surface area contributed by atoms with Gasteiger partial charge in [0, 0.05) is 18.1 Å². The maximum atomic E-state index is 5.86. The van der Waals surface area contributed by atoms with Crippen molar-refractivity contribution >= 4 is 17.3 Å². The minimum atomic E-state index is 0.373. The molecule has 1 saturated heterocycles. The van der Waals surface area contributed by atoms with E-state index in [1.54, 1.807) is 0 Å². The van der Waals surface area contributed by atoms with Crippen molar-refractivity contribution in [1.29, 1.82) is 0 Å². The maximum Gasteiger partial charge on any atom is 0.169 e. The lowest BCUT2D eigenvalue weighted by Gasteiger charge is -2.57. The van der Waals surface area contributed by atoms with E-state index in [0.29, 0.717) is 11.6 Å². The van der Waals surface area contributed by atoms with Crippen LogP contribution in [0.2, 0.25) is 0 Å². The zero-order valence-electron chi connectivity index (χ0n) is 13.4. The zero-order valence-corrected chi connectivity index (χ0v) is 14.3. The molecule has 118 valence electrons. The van der Waals surface area contributed by atoms with Crippen LogP contribution in [0.1, 0.15) is 71.1 Å². The third-order valence-electron chi connectivity index (χ3n) is 6.72. The van der Waals surface area contributed by atoms with Gasteiger partial charge < -0.3 is 10.2 Å². The molecule has 0 amide bonds. The van der Waals surface area contributed by atoms with Crippen LogP contribution in [-0.2, 0) is 0 Å². The summed E-state index contributed by atoms with van der Waals surface area (Å²) in [6, 6.07) is 0.626. The summed E-state index contributed by atoms with van der Waals surface area (Å²) in [4.78, 5) is 2.50. The highest BCUT2D eigenvalue weighted by molar-refractivity contribution is 7.80. The molecule has 1 heterocycles. The van der Waals surface area contributed by atoms with Crippen LogP contribution in [0.3, 0.4) is 0 Å². The molecule has 5 rings (SSSR count). The summed E-state index contributed by atoms with van der Waals surface area (Å²) >= 11 is 5.86.